The smallest absolute Gasteiger partial charge is 0.269 e. The summed E-state index contributed by atoms with van der Waals surface area (Å²) in [7, 11) is 0. The summed E-state index contributed by atoms with van der Waals surface area (Å²) in [5.74, 6) is -0.0494. The average molecular weight is 433 g/mol. The van der Waals surface area contributed by atoms with Crippen molar-refractivity contribution in [2.75, 3.05) is 6.61 Å². The van der Waals surface area contributed by atoms with Crippen molar-refractivity contribution in [3.8, 4) is 5.75 Å². The average Bonchev–Trinajstić information content (AvgIpc) is 2.67. The predicted octanol–water partition coefficient (Wildman–Crippen LogP) is 4.79. The van der Waals surface area contributed by atoms with Crippen molar-refractivity contribution in [1.82, 2.24) is 10.9 Å². The molecule has 2 N–H and O–H groups in total. The van der Waals surface area contributed by atoms with Crippen molar-refractivity contribution in [2.24, 2.45) is 0 Å². The molecule has 2 rings (SSSR count). The molecule has 0 heterocycles. The molecule has 0 fully saturated rings. The van der Waals surface area contributed by atoms with E-state index in [0.717, 1.165) is 18.4 Å². The molecule has 0 atom stereocenters. The first kappa shape index (κ1) is 21.0. The summed E-state index contributed by atoms with van der Waals surface area (Å²) < 4.78 is 6.44. The first-order valence-electron chi connectivity index (χ1n) is 9.11. The summed E-state index contributed by atoms with van der Waals surface area (Å²) in [6.45, 7) is 4.66. The molecular weight excluding hydrogens is 408 g/mol. The Bertz CT molecular complexity index is 793. The van der Waals surface area contributed by atoms with E-state index in [1.165, 1.54) is 12.8 Å². The molecule has 0 aliphatic rings. The monoisotopic (exact) mass is 432 g/mol. The van der Waals surface area contributed by atoms with Gasteiger partial charge in [-0.2, -0.15) is 0 Å². The summed E-state index contributed by atoms with van der Waals surface area (Å²) in [6.07, 6.45) is 4.55. The van der Waals surface area contributed by atoms with Gasteiger partial charge in [-0.05, 0) is 59.1 Å². The molecule has 0 bridgehead atoms. The minimum Gasteiger partial charge on any atom is -0.492 e. The van der Waals surface area contributed by atoms with Crippen molar-refractivity contribution >= 4 is 27.7 Å². The third-order valence-electron chi connectivity index (χ3n) is 4.13. The summed E-state index contributed by atoms with van der Waals surface area (Å²) in [5.41, 5.74) is 6.66. The maximum atomic E-state index is 12.3. The standard InChI is InChI=1S/C21H25BrN2O3/c1-3-4-5-8-13-27-19-12-11-16(14-18(19)22)20(25)23-24-21(26)17-10-7-6-9-15(17)2/h6-7,9-12,14H,3-5,8,13H2,1-2H3,(H,23,25)(H,24,26). The zero-order valence-electron chi connectivity index (χ0n) is 15.7. The molecule has 6 heteroatoms. The van der Waals surface area contributed by atoms with Crippen LogP contribution in [0.15, 0.2) is 46.9 Å². The number of carbonyl (C=O) groups excluding carboxylic acids is 2. The van der Waals surface area contributed by atoms with Crippen molar-refractivity contribution in [1.29, 1.82) is 0 Å². The highest BCUT2D eigenvalue weighted by molar-refractivity contribution is 9.10. The quantitative estimate of drug-likeness (QED) is 0.465. The number of nitrogens with one attached hydrogen (secondary N) is 2. The van der Waals surface area contributed by atoms with E-state index in [9.17, 15) is 9.59 Å². The van der Waals surface area contributed by atoms with Crippen LogP contribution in [0.3, 0.4) is 0 Å². The number of halogens is 1. The second-order valence-corrected chi connectivity index (χ2v) is 7.13. The molecule has 27 heavy (non-hydrogen) atoms. The van der Waals surface area contributed by atoms with Gasteiger partial charge in [0.2, 0.25) is 0 Å². The SMILES string of the molecule is CCCCCCOc1ccc(C(=O)NNC(=O)c2ccccc2C)cc1Br. The second kappa shape index (κ2) is 10.7. The maximum Gasteiger partial charge on any atom is 0.269 e. The van der Waals surface area contributed by atoms with Crippen LogP contribution in [0.25, 0.3) is 0 Å². The fourth-order valence-electron chi connectivity index (χ4n) is 2.55. The zero-order chi connectivity index (χ0) is 19.6. The van der Waals surface area contributed by atoms with Crippen LogP contribution in [0.1, 0.15) is 58.9 Å². The van der Waals surface area contributed by atoms with Gasteiger partial charge < -0.3 is 4.74 Å². The van der Waals surface area contributed by atoms with Crippen molar-refractivity contribution < 1.29 is 14.3 Å². The molecule has 0 aromatic heterocycles. The lowest BCUT2D eigenvalue weighted by molar-refractivity contribution is 0.0846. The zero-order valence-corrected chi connectivity index (χ0v) is 17.3. The van der Waals surface area contributed by atoms with E-state index in [4.69, 9.17) is 4.74 Å². The van der Waals surface area contributed by atoms with Gasteiger partial charge in [-0.1, -0.05) is 44.4 Å². The number of ether oxygens (including phenoxy) is 1. The Labute approximate surface area is 168 Å². The van der Waals surface area contributed by atoms with Gasteiger partial charge in [-0.3, -0.25) is 20.4 Å². The fourth-order valence-corrected chi connectivity index (χ4v) is 3.04. The van der Waals surface area contributed by atoms with Gasteiger partial charge in [0.15, 0.2) is 0 Å². The Morgan fingerprint density at radius 1 is 1.00 bits per heavy atom. The topological polar surface area (TPSA) is 67.4 Å². The minimum absolute atomic E-state index is 0.354. The lowest BCUT2D eigenvalue weighted by Crippen LogP contribution is -2.41. The summed E-state index contributed by atoms with van der Waals surface area (Å²) >= 11 is 3.43. The van der Waals surface area contributed by atoms with Gasteiger partial charge in [-0.25, -0.2) is 0 Å². The molecule has 2 amide bonds. The normalized spacial score (nSPS) is 10.3. The highest BCUT2D eigenvalue weighted by Crippen LogP contribution is 2.26. The first-order valence-corrected chi connectivity index (χ1v) is 9.91. The highest BCUT2D eigenvalue weighted by atomic mass is 79.9. The number of aryl methyl sites for hydroxylation is 1. The van der Waals surface area contributed by atoms with Crippen LogP contribution in [0.4, 0.5) is 0 Å². The predicted molar refractivity (Wildman–Crippen MR) is 110 cm³/mol. The van der Waals surface area contributed by atoms with Crippen molar-refractivity contribution in [2.45, 2.75) is 39.5 Å². The summed E-state index contributed by atoms with van der Waals surface area (Å²) in [5, 5.41) is 0. The third kappa shape index (κ3) is 6.40. The number of carbonyl (C=O) groups is 2. The molecule has 0 saturated heterocycles. The van der Waals surface area contributed by atoms with Crippen LogP contribution in [0.2, 0.25) is 0 Å². The number of benzene rings is 2. The molecular formula is C21H25BrN2O3. The molecule has 0 spiro atoms. The van der Waals surface area contributed by atoms with Gasteiger partial charge in [0.05, 0.1) is 11.1 Å². The number of amides is 2. The van der Waals surface area contributed by atoms with Gasteiger partial charge >= 0.3 is 0 Å². The molecule has 2 aromatic carbocycles. The third-order valence-corrected chi connectivity index (χ3v) is 4.75. The van der Waals surface area contributed by atoms with Crippen molar-refractivity contribution in [3.63, 3.8) is 0 Å². The van der Waals surface area contributed by atoms with E-state index in [1.807, 2.05) is 19.1 Å². The molecule has 0 unspecified atom stereocenters. The van der Waals surface area contributed by atoms with Gasteiger partial charge in [0, 0.05) is 11.1 Å². The number of hydrogen-bond acceptors (Lipinski definition) is 3. The largest absolute Gasteiger partial charge is 0.492 e. The fraction of sp³-hybridized carbons (Fsp3) is 0.333. The van der Waals surface area contributed by atoms with Crippen LogP contribution < -0.4 is 15.6 Å². The van der Waals surface area contributed by atoms with E-state index in [0.29, 0.717) is 28.0 Å². The van der Waals surface area contributed by atoms with Crippen LogP contribution in [0, 0.1) is 6.92 Å². The second-order valence-electron chi connectivity index (χ2n) is 6.28. The van der Waals surface area contributed by atoms with Crippen molar-refractivity contribution in [3.05, 3.63) is 63.6 Å². The van der Waals surface area contributed by atoms with Crippen LogP contribution in [-0.2, 0) is 0 Å². The Morgan fingerprint density at radius 2 is 1.74 bits per heavy atom. The van der Waals surface area contributed by atoms with E-state index in [-0.39, 0.29) is 5.91 Å². The Kier molecular flexibility index (Phi) is 8.33. The lowest BCUT2D eigenvalue weighted by atomic mass is 10.1. The first-order chi connectivity index (χ1) is 13.0. The van der Waals surface area contributed by atoms with Gasteiger partial charge in [0.25, 0.3) is 11.8 Å². The lowest BCUT2D eigenvalue weighted by Gasteiger charge is -2.11. The maximum absolute atomic E-state index is 12.3. The minimum atomic E-state index is -0.396. The Morgan fingerprint density at radius 3 is 2.44 bits per heavy atom. The van der Waals surface area contributed by atoms with Gasteiger partial charge in [-0.15, -0.1) is 0 Å². The van der Waals surface area contributed by atoms with Gasteiger partial charge in [0.1, 0.15) is 5.75 Å². The van der Waals surface area contributed by atoms with Crippen LogP contribution >= 0.6 is 15.9 Å². The van der Waals surface area contributed by atoms with Crippen LogP contribution in [-0.4, -0.2) is 18.4 Å². The number of hydrazine groups is 1. The Hall–Kier alpha value is -2.34. The molecule has 2 aromatic rings. The number of hydrogen-bond donors (Lipinski definition) is 2. The summed E-state index contributed by atoms with van der Waals surface area (Å²) in [4.78, 5) is 24.4. The van der Waals surface area contributed by atoms with E-state index in [2.05, 4.69) is 33.7 Å². The van der Waals surface area contributed by atoms with Crippen LogP contribution in [0.5, 0.6) is 5.75 Å². The molecule has 5 nitrogen and oxygen atoms in total. The molecule has 0 saturated carbocycles. The van der Waals surface area contributed by atoms with E-state index < -0.39 is 5.91 Å². The number of rotatable bonds is 8. The molecule has 0 radical (unpaired) electrons. The Balaban J connectivity index is 1.88. The molecule has 0 aliphatic heterocycles. The highest BCUT2D eigenvalue weighted by Gasteiger charge is 2.12. The summed E-state index contributed by atoms with van der Waals surface area (Å²) in [6, 6.07) is 12.3. The van der Waals surface area contributed by atoms with E-state index >= 15 is 0 Å². The molecule has 0 aliphatic carbocycles. The van der Waals surface area contributed by atoms with E-state index in [1.54, 1.807) is 30.3 Å². The number of unbranched alkanes of at least 4 members (excludes halogenated alkanes) is 3. The molecule has 144 valence electrons.